The quantitative estimate of drug-likeness (QED) is 0.723. The molecule has 0 aliphatic carbocycles. The van der Waals surface area contributed by atoms with Crippen LogP contribution >= 0.6 is 0 Å². The van der Waals surface area contributed by atoms with Crippen LogP contribution in [0.15, 0.2) is 36.9 Å². The molecule has 3 nitrogen and oxygen atoms in total. The maximum Gasteiger partial charge on any atom is 0.493 e. The Labute approximate surface area is 103 Å². The molecule has 90 valence electrons. The van der Waals surface area contributed by atoms with E-state index in [1.54, 1.807) is 0 Å². The van der Waals surface area contributed by atoms with Gasteiger partial charge in [0.1, 0.15) is 0 Å². The van der Waals surface area contributed by atoms with Gasteiger partial charge >= 0.3 is 7.12 Å². The second-order valence-corrected chi connectivity index (χ2v) is 4.27. The molecule has 17 heavy (non-hydrogen) atoms. The van der Waals surface area contributed by atoms with Crippen molar-refractivity contribution in [2.75, 3.05) is 33.4 Å². The SMILES string of the molecule is C=C(B1OCCN(C)CCO1)c1ccccc1. The molecule has 1 saturated heterocycles. The van der Waals surface area contributed by atoms with Crippen LogP contribution in [0.2, 0.25) is 0 Å². The molecular formula is C13H18BNO2. The third-order valence-corrected chi connectivity index (χ3v) is 2.91. The smallest absolute Gasteiger partial charge is 0.406 e. The Balaban J connectivity index is 1.99. The summed E-state index contributed by atoms with van der Waals surface area (Å²) in [5.74, 6) is 0. The summed E-state index contributed by atoms with van der Waals surface area (Å²) in [5.41, 5.74) is 1.97. The van der Waals surface area contributed by atoms with Crippen molar-refractivity contribution < 1.29 is 9.31 Å². The summed E-state index contributed by atoms with van der Waals surface area (Å²) in [4.78, 5) is 2.20. The van der Waals surface area contributed by atoms with Gasteiger partial charge in [-0.3, -0.25) is 0 Å². The van der Waals surface area contributed by atoms with Gasteiger partial charge in [-0.2, -0.15) is 0 Å². The number of hydrogen-bond acceptors (Lipinski definition) is 3. The normalized spacial score (nSPS) is 18.5. The molecule has 0 saturated carbocycles. The van der Waals surface area contributed by atoms with Gasteiger partial charge < -0.3 is 14.2 Å². The molecule has 0 N–H and O–H groups in total. The molecule has 0 spiro atoms. The van der Waals surface area contributed by atoms with E-state index in [0.29, 0.717) is 13.2 Å². The minimum atomic E-state index is -0.314. The first kappa shape index (κ1) is 12.4. The highest BCUT2D eigenvalue weighted by molar-refractivity contribution is 6.67. The van der Waals surface area contributed by atoms with Crippen molar-refractivity contribution in [3.63, 3.8) is 0 Å². The molecule has 1 aromatic carbocycles. The maximum absolute atomic E-state index is 5.71. The summed E-state index contributed by atoms with van der Waals surface area (Å²) in [6, 6.07) is 10.0. The predicted octanol–water partition coefficient (Wildman–Crippen LogP) is 1.71. The lowest BCUT2D eigenvalue weighted by Crippen LogP contribution is -2.37. The number of benzene rings is 1. The van der Waals surface area contributed by atoms with E-state index in [4.69, 9.17) is 9.31 Å². The van der Waals surface area contributed by atoms with Crippen LogP contribution in [0.3, 0.4) is 0 Å². The van der Waals surface area contributed by atoms with Gasteiger partial charge in [-0.05, 0) is 18.1 Å². The van der Waals surface area contributed by atoms with Crippen LogP contribution in [0.1, 0.15) is 5.56 Å². The molecule has 1 aliphatic rings. The fraction of sp³-hybridized carbons (Fsp3) is 0.385. The lowest BCUT2D eigenvalue weighted by molar-refractivity contribution is 0.132. The van der Waals surface area contributed by atoms with Crippen LogP contribution in [-0.4, -0.2) is 45.4 Å². The van der Waals surface area contributed by atoms with E-state index in [0.717, 1.165) is 24.1 Å². The monoisotopic (exact) mass is 231 g/mol. The average molecular weight is 231 g/mol. The van der Waals surface area contributed by atoms with Crippen LogP contribution in [-0.2, 0) is 9.31 Å². The third-order valence-electron chi connectivity index (χ3n) is 2.91. The van der Waals surface area contributed by atoms with Gasteiger partial charge in [-0.15, -0.1) is 0 Å². The van der Waals surface area contributed by atoms with Gasteiger partial charge in [-0.25, -0.2) is 0 Å². The Morgan fingerprint density at radius 3 is 2.35 bits per heavy atom. The van der Waals surface area contributed by atoms with Crippen LogP contribution in [0.25, 0.3) is 5.47 Å². The summed E-state index contributed by atoms with van der Waals surface area (Å²) < 4.78 is 11.4. The van der Waals surface area contributed by atoms with Gasteiger partial charge in [-0.1, -0.05) is 36.9 Å². The van der Waals surface area contributed by atoms with Crippen LogP contribution in [0, 0.1) is 0 Å². The molecule has 4 heteroatoms. The zero-order valence-corrected chi connectivity index (χ0v) is 10.3. The zero-order chi connectivity index (χ0) is 12.1. The average Bonchev–Trinajstić information content (AvgIpc) is 2.34. The molecule has 1 heterocycles. The number of nitrogens with zero attached hydrogens (tertiary/aromatic N) is 1. The van der Waals surface area contributed by atoms with E-state index in [1.807, 2.05) is 30.3 Å². The highest BCUT2D eigenvalue weighted by Gasteiger charge is 2.25. The van der Waals surface area contributed by atoms with Crippen LogP contribution in [0.4, 0.5) is 0 Å². The van der Waals surface area contributed by atoms with Crippen molar-refractivity contribution in [2.45, 2.75) is 0 Å². The molecule has 1 fully saturated rings. The largest absolute Gasteiger partial charge is 0.493 e. The number of rotatable bonds is 2. The fourth-order valence-corrected chi connectivity index (χ4v) is 1.78. The molecular weight excluding hydrogens is 213 g/mol. The molecule has 1 aromatic rings. The van der Waals surface area contributed by atoms with Gasteiger partial charge in [0, 0.05) is 26.3 Å². The summed E-state index contributed by atoms with van der Waals surface area (Å²) in [5, 5.41) is 0. The van der Waals surface area contributed by atoms with E-state index in [9.17, 15) is 0 Å². The first-order valence-corrected chi connectivity index (χ1v) is 5.93. The number of hydrogen-bond donors (Lipinski definition) is 0. The van der Waals surface area contributed by atoms with Gasteiger partial charge in [0.2, 0.25) is 0 Å². The molecule has 0 bridgehead atoms. The number of likely N-dealkylation sites (N-methyl/N-ethyl adjacent to an activating group) is 1. The van der Waals surface area contributed by atoms with E-state index in [2.05, 4.69) is 18.5 Å². The lowest BCUT2D eigenvalue weighted by atomic mass is 9.75. The Morgan fingerprint density at radius 1 is 1.18 bits per heavy atom. The summed E-state index contributed by atoms with van der Waals surface area (Å²) in [6.07, 6.45) is 0. The Morgan fingerprint density at radius 2 is 1.76 bits per heavy atom. The highest BCUT2D eigenvalue weighted by atomic mass is 16.6. The topological polar surface area (TPSA) is 21.7 Å². The van der Waals surface area contributed by atoms with Crippen molar-refractivity contribution >= 4 is 12.6 Å². The van der Waals surface area contributed by atoms with Crippen LogP contribution < -0.4 is 0 Å². The fourth-order valence-electron chi connectivity index (χ4n) is 1.78. The predicted molar refractivity (Wildman–Crippen MR) is 70.6 cm³/mol. The first-order valence-electron chi connectivity index (χ1n) is 5.93. The Kier molecular flexibility index (Phi) is 4.37. The third kappa shape index (κ3) is 3.43. The van der Waals surface area contributed by atoms with E-state index < -0.39 is 0 Å². The van der Waals surface area contributed by atoms with E-state index in [-0.39, 0.29) is 7.12 Å². The van der Waals surface area contributed by atoms with Crippen molar-refractivity contribution in [3.8, 4) is 0 Å². The molecule has 0 amide bonds. The van der Waals surface area contributed by atoms with Gasteiger partial charge in [0.25, 0.3) is 0 Å². The van der Waals surface area contributed by atoms with Crippen molar-refractivity contribution in [1.29, 1.82) is 0 Å². The minimum Gasteiger partial charge on any atom is -0.406 e. The molecule has 0 aromatic heterocycles. The summed E-state index contributed by atoms with van der Waals surface area (Å²) in [7, 11) is 1.75. The first-order chi connectivity index (χ1) is 8.27. The summed E-state index contributed by atoms with van der Waals surface area (Å²) in [6.45, 7) is 7.29. The minimum absolute atomic E-state index is 0.314. The molecule has 0 atom stereocenters. The molecule has 2 rings (SSSR count). The van der Waals surface area contributed by atoms with Crippen molar-refractivity contribution in [1.82, 2.24) is 4.90 Å². The second-order valence-electron chi connectivity index (χ2n) is 4.27. The van der Waals surface area contributed by atoms with Gasteiger partial charge in [0.05, 0.1) is 0 Å². The van der Waals surface area contributed by atoms with Crippen molar-refractivity contribution in [3.05, 3.63) is 42.5 Å². The van der Waals surface area contributed by atoms with E-state index in [1.165, 1.54) is 0 Å². The van der Waals surface area contributed by atoms with Gasteiger partial charge in [0.15, 0.2) is 0 Å². The Hall–Kier alpha value is -1.10. The van der Waals surface area contributed by atoms with Crippen molar-refractivity contribution in [2.24, 2.45) is 0 Å². The molecule has 0 radical (unpaired) electrons. The zero-order valence-electron chi connectivity index (χ0n) is 10.3. The molecule has 0 unspecified atom stereocenters. The van der Waals surface area contributed by atoms with E-state index >= 15 is 0 Å². The maximum atomic E-state index is 5.71. The standard InChI is InChI=1S/C13H18BNO2/c1-12(13-6-4-3-5-7-13)14-16-10-8-15(2)9-11-17-14/h3-7H,1,8-11H2,2H3. The molecule has 1 aliphatic heterocycles. The van der Waals surface area contributed by atoms with Crippen LogP contribution in [0.5, 0.6) is 0 Å². The Bertz CT molecular complexity index is 359. The summed E-state index contributed by atoms with van der Waals surface area (Å²) >= 11 is 0. The highest BCUT2D eigenvalue weighted by Crippen LogP contribution is 2.17. The second kappa shape index (κ2) is 6.01. The lowest BCUT2D eigenvalue weighted by Gasteiger charge is -2.24.